The van der Waals surface area contributed by atoms with Crippen LogP contribution >= 0.6 is 0 Å². The van der Waals surface area contributed by atoms with Crippen molar-refractivity contribution in [2.24, 2.45) is 0 Å². The van der Waals surface area contributed by atoms with E-state index >= 15 is 0 Å². The highest BCUT2D eigenvalue weighted by atomic mass is 16.4. The second-order valence-corrected chi connectivity index (χ2v) is 5.00. The average Bonchev–Trinajstić information content (AvgIpc) is 2.98. The van der Waals surface area contributed by atoms with Crippen molar-refractivity contribution < 1.29 is 9.90 Å². The maximum atomic E-state index is 11.0. The molecule has 0 saturated heterocycles. The van der Waals surface area contributed by atoms with E-state index in [0.29, 0.717) is 0 Å². The maximum absolute atomic E-state index is 11.0. The predicted octanol–water partition coefficient (Wildman–Crippen LogP) is 3.25. The first kappa shape index (κ1) is 12.5. The van der Waals surface area contributed by atoms with E-state index in [0.717, 1.165) is 27.5 Å². The van der Waals surface area contributed by atoms with Crippen LogP contribution in [-0.2, 0) is 0 Å². The SMILES string of the molecule is O=C(O)c1cc2ccc(-c3ccnc4ccccc34)cn2n1. The quantitative estimate of drug-likeness (QED) is 0.615. The minimum Gasteiger partial charge on any atom is -0.476 e. The normalized spacial score (nSPS) is 11.1. The van der Waals surface area contributed by atoms with E-state index in [1.165, 1.54) is 0 Å². The van der Waals surface area contributed by atoms with E-state index in [-0.39, 0.29) is 5.69 Å². The van der Waals surface area contributed by atoms with E-state index < -0.39 is 5.97 Å². The van der Waals surface area contributed by atoms with Crippen LogP contribution in [0.15, 0.2) is 60.9 Å². The summed E-state index contributed by atoms with van der Waals surface area (Å²) in [6, 6.07) is 15.2. The Morgan fingerprint density at radius 2 is 1.95 bits per heavy atom. The van der Waals surface area contributed by atoms with Crippen molar-refractivity contribution in [2.75, 3.05) is 0 Å². The van der Waals surface area contributed by atoms with Gasteiger partial charge < -0.3 is 5.11 Å². The first-order chi connectivity index (χ1) is 10.7. The van der Waals surface area contributed by atoms with Crippen LogP contribution in [0.3, 0.4) is 0 Å². The van der Waals surface area contributed by atoms with E-state index in [1.54, 1.807) is 16.8 Å². The number of carbonyl (C=O) groups is 1. The first-order valence-electron chi connectivity index (χ1n) is 6.79. The molecular formula is C17H11N3O2. The smallest absolute Gasteiger partial charge is 0.356 e. The van der Waals surface area contributed by atoms with Gasteiger partial charge in [-0.2, -0.15) is 5.10 Å². The molecule has 1 aromatic carbocycles. The molecule has 22 heavy (non-hydrogen) atoms. The maximum Gasteiger partial charge on any atom is 0.356 e. The number of rotatable bonds is 2. The lowest BCUT2D eigenvalue weighted by Crippen LogP contribution is -1.97. The van der Waals surface area contributed by atoms with Crippen molar-refractivity contribution in [3.63, 3.8) is 0 Å². The zero-order chi connectivity index (χ0) is 15.1. The number of pyridine rings is 2. The molecule has 0 amide bonds. The van der Waals surface area contributed by atoms with Gasteiger partial charge in [-0.15, -0.1) is 0 Å². The fourth-order valence-corrected chi connectivity index (χ4v) is 2.60. The van der Waals surface area contributed by atoms with Gasteiger partial charge in [-0.3, -0.25) is 4.98 Å². The van der Waals surface area contributed by atoms with Crippen molar-refractivity contribution in [3.8, 4) is 11.1 Å². The summed E-state index contributed by atoms with van der Waals surface area (Å²) in [7, 11) is 0. The zero-order valence-electron chi connectivity index (χ0n) is 11.5. The van der Waals surface area contributed by atoms with Gasteiger partial charge in [0.2, 0.25) is 0 Å². The van der Waals surface area contributed by atoms with Crippen LogP contribution in [0.1, 0.15) is 10.5 Å². The molecule has 4 aromatic rings. The Hall–Kier alpha value is -3.21. The second-order valence-electron chi connectivity index (χ2n) is 5.00. The first-order valence-corrected chi connectivity index (χ1v) is 6.79. The molecule has 0 saturated carbocycles. The van der Waals surface area contributed by atoms with Gasteiger partial charge in [0.1, 0.15) is 0 Å². The summed E-state index contributed by atoms with van der Waals surface area (Å²) in [6.45, 7) is 0. The number of carboxylic acids is 1. The number of fused-ring (bicyclic) bond motifs is 2. The molecule has 0 radical (unpaired) electrons. The van der Waals surface area contributed by atoms with Crippen molar-refractivity contribution in [1.82, 2.24) is 14.6 Å². The number of aromatic carboxylic acids is 1. The molecule has 1 N–H and O–H groups in total. The Morgan fingerprint density at radius 1 is 1.09 bits per heavy atom. The summed E-state index contributed by atoms with van der Waals surface area (Å²) in [5.41, 5.74) is 3.72. The lowest BCUT2D eigenvalue weighted by atomic mass is 10.0. The molecule has 0 atom stereocenters. The lowest BCUT2D eigenvalue weighted by molar-refractivity contribution is 0.0690. The van der Waals surface area contributed by atoms with Crippen LogP contribution < -0.4 is 0 Å². The minimum atomic E-state index is -1.03. The molecule has 3 aromatic heterocycles. The Labute approximate surface area is 125 Å². The molecule has 0 bridgehead atoms. The molecule has 3 heterocycles. The summed E-state index contributed by atoms with van der Waals surface area (Å²) in [4.78, 5) is 15.4. The van der Waals surface area contributed by atoms with Crippen LogP contribution in [-0.4, -0.2) is 25.7 Å². The number of hydrogen-bond donors (Lipinski definition) is 1. The fourth-order valence-electron chi connectivity index (χ4n) is 2.60. The summed E-state index contributed by atoms with van der Waals surface area (Å²) >= 11 is 0. The van der Waals surface area contributed by atoms with Gasteiger partial charge in [-0.1, -0.05) is 24.3 Å². The van der Waals surface area contributed by atoms with Crippen LogP contribution in [0.4, 0.5) is 0 Å². The van der Waals surface area contributed by atoms with E-state index in [2.05, 4.69) is 10.1 Å². The highest BCUT2D eigenvalue weighted by molar-refractivity contribution is 5.94. The van der Waals surface area contributed by atoms with Crippen molar-refractivity contribution in [3.05, 3.63) is 66.6 Å². The van der Waals surface area contributed by atoms with Gasteiger partial charge in [0.15, 0.2) is 5.69 Å². The molecule has 5 nitrogen and oxygen atoms in total. The highest BCUT2D eigenvalue weighted by Gasteiger charge is 2.10. The Balaban J connectivity index is 1.94. The number of para-hydroxylation sites is 1. The summed E-state index contributed by atoms with van der Waals surface area (Å²) < 4.78 is 1.59. The Bertz CT molecular complexity index is 1020. The summed E-state index contributed by atoms with van der Waals surface area (Å²) in [5.74, 6) is -1.03. The van der Waals surface area contributed by atoms with Crippen LogP contribution in [0.5, 0.6) is 0 Å². The number of benzene rings is 1. The standard InChI is InChI=1S/C17H11N3O2/c21-17(22)16-9-12-6-5-11(10-20(12)19-16)13-7-8-18-15-4-2-1-3-14(13)15/h1-10H,(H,21,22). The Kier molecular flexibility index (Phi) is 2.66. The predicted molar refractivity (Wildman–Crippen MR) is 82.9 cm³/mol. The van der Waals surface area contributed by atoms with Gasteiger partial charge in [-0.05, 0) is 29.8 Å². The monoisotopic (exact) mass is 289 g/mol. The molecular weight excluding hydrogens is 278 g/mol. The highest BCUT2D eigenvalue weighted by Crippen LogP contribution is 2.27. The zero-order valence-corrected chi connectivity index (χ0v) is 11.5. The van der Waals surface area contributed by atoms with Crippen LogP contribution in [0, 0.1) is 0 Å². The van der Waals surface area contributed by atoms with Gasteiger partial charge >= 0.3 is 5.97 Å². The van der Waals surface area contributed by atoms with E-state index in [4.69, 9.17) is 5.11 Å². The number of aromatic nitrogens is 3. The second kappa shape index (κ2) is 4.66. The van der Waals surface area contributed by atoms with Crippen molar-refractivity contribution in [1.29, 1.82) is 0 Å². The molecule has 0 aliphatic heterocycles. The van der Waals surface area contributed by atoms with Gasteiger partial charge in [0.25, 0.3) is 0 Å². The fraction of sp³-hybridized carbons (Fsp3) is 0. The molecule has 0 aliphatic rings. The van der Waals surface area contributed by atoms with Gasteiger partial charge in [0, 0.05) is 23.3 Å². The van der Waals surface area contributed by atoms with E-state index in [1.807, 2.05) is 48.7 Å². The van der Waals surface area contributed by atoms with Gasteiger partial charge in [0.05, 0.1) is 11.0 Å². The van der Waals surface area contributed by atoms with Crippen LogP contribution in [0.2, 0.25) is 0 Å². The van der Waals surface area contributed by atoms with E-state index in [9.17, 15) is 4.79 Å². The molecule has 106 valence electrons. The molecule has 0 fully saturated rings. The number of hydrogen-bond acceptors (Lipinski definition) is 3. The molecule has 0 spiro atoms. The molecule has 4 rings (SSSR count). The average molecular weight is 289 g/mol. The van der Waals surface area contributed by atoms with Crippen molar-refractivity contribution in [2.45, 2.75) is 0 Å². The third-order valence-corrected chi connectivity index (χ3v) is 3.64. The molecule has 5 heteroatoms. The summed E-state index contributed by atoms with van der Waals surface area (Å²) in [5, 5.41) is 14.2. The Morgan fingerprint density at radius 3 is 2.82 bits per heavy atom. The number of carboxylic acid groups (broad SMARTS) is 1. The lowest BCUT2D eigenvalue weighted by Gasteiger charge is -2.06. The topological polar surface area (TPSA) is 67.5 Å². The summed E-state index contributed by atoms with van der Waals surface area (Å²) in [6.07, 6.45) is 3.61. The number of nitrogens with zero attached hydrogens (tertiary/aromatic N) is 3. The third-order valence-electron chi connectivity index (χ3n) is 3.64. The third kappa shape index (κ3) is 1.91. The van der Waals surface area contributed by atoms with Crippen molar-refractivity contribution >= 4 is 22.4 Å². The molecule has 0 aliphatic carbocycles. The molecule has 0 unspecified atom stereocenters. The van der Waals surface area contributed by atoms with Gasteiger partial charge in [-0.25, -0.2) is 9.31 Å². The minimum absolute atomic E-state index is 0.0386. The largest absolute Gasteiger partial charge is 0.476 e. The van der Waals surface area contributed by atoms with Crippen LogP contribution in [0.25, 0.3) is 27.5 Å².